The fourth-order valence-corrected chi connectivity index (χ4v) is 3.59. The zero-order valence-corrected chi connectivity index (χ0v) is 30.2. The summed E-state index contributed by atoms with van der Waals surface area (Å²) in [6.07, 6.45) is -4.53. The molecule has 4 rings (SSSR count). The number of carbonyl (C=O) groups is 6. The lowest BCUT2D eigenvalue weighted by molar-refractivity contribution is -0.137. The first kappa shape index (κ1) is 44.4. The average Bonchev–Trinajstić information content (AvgIpc) is 3.12. The first-order valence-corrected chi connectivity index (χ1v) is 15.8. The van der Waals surface area contributed by atoms with Crippen LogP contribution in [0.15, 0.2) is 134 Å². The van der Waals surface area contributed by atoms with E-state index >= 15 is 0 Å². The number of carboxylic acid groups (broad SMARTS) is 1. The van der Waals surface area contributed by atoms with Gasteiger partial charge in [0.05, 0.1) is 16.7 Å². The van der Waals surface area contributed by atoms with Crippen LogP contribution >= 0.6 is 11.6 Å². The van der Waals surface area contributed by atoms with Crippen LogP contribution in [-0.4, -0.2) is 40.2 Å². The van der Waals surface area contributed by atoms with E-state index in [9.17, 15) is 41.9 Å². The van der Waals surface area contributed by atoms with Crippen LogP contribution in [0.2, 0.25) is 0 Å². The number of ether oxygens (including phenoxy) is 4. The van der Waals surface area contributed by atoms with Crippen LogP contribution in [0.1, 0.15) is 57.4 Å². The molecule has 0 amide bonds. The second-order valence-corrected chi connectivity index (χ2v) is 11.4. The topological polar surface area (TPSA) is 160 Å². The molecule has 0 aliphatic heterocycles. The van der Waals surface area contributed by atoms with E-state index in [-0.39, 0.29) is 33.8 Å². The van der Waals surface area contributed by atoms with Crippen molar-refractivity contribution < 1.29 is 66.0 Å². The maximum atomic E-state index is 12.6. The van der Waals surface area contributed by atoms with E-state index < -0.39 is 46.8 Å². The molecule has 4 aromatic carbocycles. The number of benzene rings is 4. The number of carbonyl (C=O) groups excluding carboxylic acids is 5. The van der Waals surface area contributed by atoms with Crippen molar-refractivity contribution >= 4 is 46.7 Å². The zero-order valence-electron chi connectivity index (χ0n) is 29.4. The van der Waals surface area contributed by atoms with Crippen LogP contribution in [0.5, 0.6) is 23.0 Å². The highest BCUT2D eigenvalue weighted by Gasteiger charge is 2.30. The van der Waals surface area contributed by atoms with Crippen LogP contribution in [0, 0.1) is 0 Å². The molecule has 0 saturated heterocycles. The lowest BCUT2D eigenvalue weighted by Crippen LogP contribution is -2.11. The highest BCUT2D eigenvalue weighted by molar-refractivity contribution is 6.67. The molecule has 4 aromatic rings. The molecule has 0 fully saturated rings. The molecule has 15 heteroatoms. The number of halogens is 4. The first-order valence-electron chi connectivity index (χ1n) is 15.4. The van der Waals surface area contributed by atoms with Gasteiger partial charge in [0, 0.05) is 22.3 Å². The molecular formula is C40H32ClF3O11. The van der Waals surface area contributed by atoms with Gasteiger partial charge in [-0.25, -0.2) is 24.0 Å². The largest absolute Gasteiger partial charge is 0.478 e. The minimum Gasteiger partial charge on any atom is -0.478 e. The molecule has 55 heavy (non-hydrogen) atoms. The predicted octanol–water partition coefficient (Wildman–Crippen LogP) is 8.82. The van der Waals surface area contributed by atoms with Gasteiger partial charge in [-0.05, 0) is 123 Å². The Morgan fingerprint density at radius 1 is 0.545 bits per heavy atom. The third kappa shape index (κ3) is 15.4. The van der Waals surface area contributed by atoms with Crippen molar-refractivity contribution in [2.45, 2.75) is 26.9 Å². The highest BCUT2D eigenvalue weighted by Crippen LogP contribution is 2.31. The summed E-state index contributed by atoms with van der Waals surface area (Å²) in [5.74, 6) is -2.87. The molecule has 0 radical (unpaired) electrons. The number of hydrogen-bond donors (Lipinski definition) is 1. The van der Waals surface area contributed by atoms with Gasteiger partial charge >= 0.3 is 36.0 Å². The minimum absolute atomic E-state index is 0.0903. The summed E-state index contributed by atoms with van der Waals surface area (Å²) in [6, 6.07) is 20.9. The molecule has 0 saturated carbocycles. The fraction of sp³-hybridized carbons (Fsp3) is 0.100. The van der Waals surface area contributed by atoms with E-state index in [1.165, 1.54) is 92.7 Å². The lowest BCUT2D eigenvalue weighted by Gasteiger charge is -2.09. The van der Waals surface area contributed by atoms with Gasteiger partial charge in [-0.3, -0.25) is 4.79 Å². The summed E-state index contributed by atoms with van der Waals surface area (Å²) in [7, 11) is 0. The maximum absolute atomic E-state index is 12.6. The van der Waals surface area contributed by atoms with E-state index in [0.29, 0.717) is 22.6 Å². The standard InChI is InChI=1S/C18H13F3O4.C11H9ClO3.C11H10O4/c1-11(2)16(22)24-14-8-6-12(7-9-14)17(23)25-15-5-3-4-13(10-15)18(19,20)21;2*1-7(2)11(14)15-9-5-3-8(4-6-9)10(12)13/h3-10H,1H2,2H3;3-6H,1H2,2H3;3-6H,1H2,2H3,(H,12,13). The molecule has 11 nitrogen and oxygen atoms in total. The second kappa shape index (κ2) is 20.4. The van der Waals surface area contributed by atoms with Crippen molar-refractivity contribution in [3.8, 4) is 23.0 Å². The molecule has 0 aromatic heterocycles. The van der Waals surface area contributed by atoms with Gasteiger partial charge in [-0.2, -0.15) is 13.2 Å². The Kier molecular flexibility index (Phi) is 16.5. The summed E-state index contributed by atoms with van der Waals surface area (Å²) in [5, 5.41) is 8.08. The molecule has 0 aliphatic rings. The Hall–Kier alpha value is -6.80. The number of alkyl halides is 3. The Balaban J connectivity index is 0.000000302. The third-order valence-corrected chi connectivity index (χ3v) is 6.54. The zero-order chi connectivity index (χ0) is 41.5. The summed E-state index contributed by atoms with van der Waals surface area (Å²) < 4.78 is 57.6. The van der Waals surface area contributed by atoms with Gasteiger partial charge in [0.25, 0.3) is 5.24 Å². The molecule has 0 aliphatic carbocycles. The molecule has 0 spiro atoms. The minimum atomic E-state index is -4.53. The van der Waals surface area contributed by atoms with E-state index in [1.807, 2.05) is 0 Å². The number of rotatable bonds is 10. The maximum Gasteiger partial charge on any atom is 0.416 e. The Labute approximate surface area is 317 Å². The van der Waals surface area contributed by atoms with Crippen LogP contribution in [0.25, 0.3) is 0 Å². The van der Waals surface area contributed by atoms with Crippen LogP contribution in [0.4, 0.5) is 13.2 Å². The van der Waals surface area contributed by atoms with Gasteiger partial charge in [-0.1, -0.05) is 25.8 Å². The summed E-state index contributed by atoms with van der Waals surface area (Å²) >= 11 is 5.25. The van der Waals surface area contributed by atoms with Crippen molar-refractivity contribution in [3.05, 3.63) is 156 Å². The highest BCUT2D eigenvalue weighted by atomic mass is 35.5. The monoisotopic (exact) mass is 780 g/mol. The molecule has 0 heterocycles. The van der Waals surface area contributed by atoms with Gasteiger partial charge in [0.15, 0.2) is 0 Å². The van der Waals surface area contributed by atoms with Crippen molar-refractivity contribution in [2.75, 3.05) is 0 Å². The van der Waals surface area contributed by atoms with Crippen molar-refractivity contribution in [3.63, 3.8) is 0 Å². The van der Waals surface area contributed by atoms with Crippen molar-refractivity contribution in [2.24, 2.45) is 0 Å². The van der Waals surface area contributed by atoms with Crippen molar-refractivity contribution in [1.29, 1.82) is 0 Å². The van der Waals surface area contributed by atoms with E-state index in [0.717, 1.165) is 18.2 Å². The van der Waals surface area contributed by atoms with Crippen LogP contribution in [-0.2, 0) is 20.6 Å². The van der Waals surface area contributed by atoms with Gasteiger partial charge in [0.1, 0.15) is 23.0 Å². The molecule has 1 N–H and O–H groups in total. The van der Waals surface area contributed by atoms with E-state index in [2.05, 4.69) is 19.7 Å². The summed E-state index contributed by atoms with van der Waals surface area (Å²) in [5.41, 5.74) is 0.488. The Morgan fingerprint density at radius 3 is 1.24 bits per heavy atom. The molecule has 286 valence electrons. The molecular weight excluding hydrogens is 749 g/mol. The lowest BCUT2D eigenvalue weighted by atomic mass is 10.2. The first-order chi connectivity index (χ1) is 25.7. The van der Waals surface area contributed by atoms with Crippen LogP contribution < -0.4 is 18.9 Å². The van der Waals surface area contributed by atoms with Crippen LogP contribution in [0.3, 0.4) is 0 Å². The summed E-state index contributed by atoms with van der Waals surface area (Å²) in [4.78, 5) is 66.8. The number of hydrogen-bond acceptors (Lipinski definition) is 10. The normalized spacial score (nSPS) is 10.1. The van der Waals surface area contributed by atoms with Gasteiger partial charge < -0.3 is 24.1 Å². The van der Waals surface area contributed by atoms with E-state index in [4.69, 9.17) is 35.7 Å². The predicted molar refractivity (Wildman–Crippen MR) is 194 cm³/mol. The third-order valence-electron chi connectivity index (χ3n) is 6.32. The van der Waals surface area contributed by atoms with Gasteiger partial charge in [-0.15, -0.1) is 0 Å². The fourth-order valence-electron chi connectivity index (χ4n) is 3.46. The SMILES string of the molecule is C=C(C)C(=O)Oc1ccc(C(=O)Cl)cc1.C=C(C)C(=O)Oc1ccc(C(=O)O)cc1.C=C(C)C(=O)Oc1ccc(C(=O)Oc2cccc(C(F)(F)F)c2)cc1. The Bertz CT molecular complexity index is 2010. The number of esters is 4. The Morgan fingerprint density at radius 2 is 0.909 bits per heavy atom. The summed E-state index contributed by atoms with van der Waals surface area (Å²) in [6.45, 7) is 14.9. The number of aromatic carboxylic acids is 1. The quantitative estimate of drug-likeness (QED) is 0.0709. The van der Waals surface area contributed by atoms with Crippen molar-refractivity contribution in [1.82, 2.24) is 0 Å². The second-order valence-electron chi connectivity index (χ2n) is 11.1. The van der Waals surface area contributed by atoms with E-state index in [1.54, 1.807) is 6.92 Å². The molecule has 0 atom stereocenters. The number of carboxylic acids is 1. The molecule has 0 unspecified atom stereocenters. The molecule has 0 bridgehead atoms. The smallest absolute Gasteiger partial charge is 0.416 e. The van der Waals surface area contributed by atoms with Gasteiger partial charge in [0.2, 0.25) is 0 Å². The average molecular weight is 781 g/mol.